The van der Waals surface area contributed by atoms with Gasteiger partial charge in [0.2, 0.25) is 5.91 Å². The van der Waals surface area contributed by atoms with Crippen molar-refractivity contribution < 1.29 is 4.79 Å². The van der Waals surface area contributed by atoms with Crippen LogP contribution in [0.1, 0.15) is 11.5 Å². The van der Waals surface area contributed by atoms with Gasteiger partial charge in [0, 0.05) is 24.7 Å². The van der Waals surface area contributed by atoms with Gasteiger partial charge in [0.1, 0.15) is 5.82 Å². The lowest BCUT2D eigenvalue weighted by Gasteiger charge is -2.04. The molecule has 0 atom stereocenters. The highest BCUT2D eigenvalue weighted by Gasteiger charge is 2.06. The fourth-order valence-electron chi connectivity index (χ4n) is 2.25. The maximum atomic E-state index is 11.9. The zero-order valence-corrected chi connectivity index (χ0v) is 13.9. The number of aryl methyl sites for hydroxylation is 1. The van der Waals surface area contributed by atoms with E-state index in [0.29, 0.717) is 23.8 Å². The van der Waals surface area contributed by atoms with E-state index in [9.17, 15) is 9.59 Å². The van der Waals surface area contributed by atoms with Crippen molar-refractivity contribution in [3.05, 3.63) is 52.2 Å². The van der Waals surface area contributed by atoms with E-state index in [-0.39, 0.29) is 17.2 Å². The van der Waals surface area contributed by atoms with Gasteiger partial charge in [-0.3, -0.25) is 9.59 Å². The monoisotopic (exact) mass is 343 g/mol. The maximum Gasteiger partial charge on any atom is 0.251 e. The topological polar surface area (TPSA) is 104 Å². The zero-order valence-electron chi connectivity index (χ0n) is 13.1. The third kappa shape index (κ3) is 4.23. The summed E-state index contributed by atoms with van der Waals surface area (Å²) in [7, 11) is 0. The highest BCUT2D eigenvalue weighted by molar-refractivity contribution is 7.99. The lowest BCUT2D eigenvalue weighted by Crippen LogP contribution is -2.27. The van der Waals surface area contributed by atoms with E-state index < -0.39 is 0 Å². The molecule has 3 N–H and O–H groups in total. The number of hydrogen-bond acceptors (Lipinski definition) is 5. The Labute approximate surface area is 142 Å². The third-order valence-corrected chi connectivity index (χ3v) is 4.18. The van der Waals surface area contributed by atoms with Gasteiger partial charge in [-0.1, -0.05) is 23.9 Å². The third-order valence-electron chi connectivity index (χ3n) is 3.31. The van der Waals surface area contributed by atoms with Crippen LogP contribution in [0, 0.1) is 6.92 Å². The van der Waals surface area contributed by atoms with Crippen molar-refractivity contribution >= 4 is 28.7 Å². The van der Waals surface area contributed by atoms with Gasteiger partial charge >= 0.3 is 0 Å². The molecule has 1 amide bonds. The lowest BCUT2D eigenvalue weighted by atomic mass is 10.3. The van der Waals surface area contributed by atoms with E-state index in [0.717, 1.165) is 16.9 Å². The molecule has 0 aliphatic heterocycles. The van der Waals surface area contributed by atoms with Gasteiger partial charge < -0.3 is 15.3 Å². The molecule has 2 heterocycles. The number of benzene rings is 1. The number of hydrogen-bond donors (Lipinski definition) is 3. The summed E-state index contributed by atoms with van der Waals surface area (Å²) in [6.45, 7) is 2.24. The van der Waals surface area contributed by atoms with Crippen LogP contribution >= 0.6 is 11.8 Å². The smallest absolute Gasteiger partial charge is 0.251 e. The zero-order chi connectivity index (χ0) is 16.9. The van der Waals surface area contributed by atoms with E-state index in [1.165, 1.54) is 17.8 Å². The van der Waals surface area contributed by atoms with Crippen LogP contribution in [0.25, 0.3) is 11.0 Å². The Bertz CT molecular complexity index is 885. The van der Waals surface area contributed by atoms with Crippen LogP contribution < -0.4 is 10.9 Å². The second-order valence-electron chi connectivity index (χ2n) is 5.28. The molecule has 0 aliphatic carbocycles. The average Bonchev–Trinajstić information content (AvgIpc) is 2.95. The van der Waals surface area contributed by atoms with Crippen molar-refractivity contribution in [3.8, 4) is 0 Å². The van der Waals surface area contributed by atoms with Crippen LogP contribution in [0.4, 0.5) is 0 Å². The van der Waals surface area contributed by atoms with E-state index in [1.807, 2.05) is 24.3 Å². The molecule has 124 valence electrons. The number of amides is 1. The van der Waals surface area contributed by atoms with Crippen molar-refractivity contribution in [3.63, 3.8) is 0 Å². The number of imidazole rings is 1. The van der Waals surface area contributed by atoms with Gasteiger partial charge in [-0.05, 0) is 19.1 Å². The van der Waals surface area contributed by atoms with Crippen LogP contribution in [-0.2, 0) is 11.2 Å². The summed E-state index contributed by atoms with van der Waals surface area (Å²) in [5.74, 6) is 0.932. The Morgan fingerprint density at radius 2 is 2.08 bits per heavy atom. The molecule has 0 spiro atoms. The number of nitrogens with zero attached hydrogens (tertiary/aromatic N) is 2. The fourth-order valence-corrected chi connectivity index (χ4v) is 3.00. The summed E-state index contributed by atoms with van der Waals surface area (Å²) in [6, 6.07) is 9.22. The number of carbonyl (C=O) groups excluding carboxylic acids is 1. The Kier molecular flexibility index (Phi) is 4.95. The Hall–Kier alpha value is -2.61. The van der Waals surface area contributed by atoms with Gasteiger partial charge in [0.25, 0.3) is 5.56 Å². The SMILES string of the molecule is Cc1cc(=O)[nH]c(SCC(=O)NCCc2nc3ccccc3[nH]2)n1. The van der Waals surface area contributed by atoms with E-state index in [4.69, 9.17) is 0 Å². The van der Waals surface area contributed by atoms with Crippen LogP contribution in [0.5, 0.6) is 0 Å². The molecular weight excluding hydrogens is 326 g/mol. The maximum absolute atomic E-state index is 11.9. The van der Waals surface area contributed by atoms with Crippen LogP contribution in [0.3, 0.4) is 0 Å². The summed E-state index contributed by atoms with van der Waals surface area (Å²) in [4.78, 5) is 37.7. The van der Waals surface area contributed by atoms with Crippen molar-refractivity contribution in [2.75, 3.05) is 12.3 Å². The molecule has 1 aromatic carbocycles. The summed E-state index contributed by atoms with van der Waals surface area (Å²) in [5.41, 5.74) is 2.33. The van der Waals surface area contributed by atoms with E-state index >= 15 is 0 Å². The standard InChI is InChI=1S/C16H17N5O2S/c1-10-8-14(22)21-16(18-10)24-9-15(23)17-7-6-13-19-11-4-2-3-5-12(11)20-13/h2-5,8H,6-7,9H2,1H3,(H,17,23)(H,19,20)(H,18,21,22). The van der Waals surface area contributed by atoms with E-state index in [2.05, 4.69) is 25.3 Å². The summed E-state index contributed by atoms with van der Waals surface area (Å²) in [5, 5.41) is 3.29. The first-order valence-corrected chi connectivity index (χ1v) is 8.50. The summed E-state index contributed by atoms with van der Waals surface area (Å²) in [6.07, 6.45) is 0.630. The van der Waals surface area contributed by atoms with Gasteiger partial charge in [-0.25, -0.2) is 9.97 Å². The molecule has 0 saturated carbocycles. The Morgan fingerprint density at radius 3 is 2.88 bits per heavy atom. The predicted octanol–water partition coefficient (Wildman–Crippen LogP) is 1.41. The number of thioether (sulfide) groups is 1. The predicted molar refractivity (Wildman–Crippen MR) is 93.1 cm³/mol. The highest BCUT2D eigenvalue weighted by atomic mass is 32.2. The second-order valence-corrected chi connectivity index (χ2v) is 6.25. The van der Waals surface area contributed by atoms with Crippen molar-refractivity contribution in [1.29, 1.82) is 0 Å². The highest BCUT2D eigenvalue weighted by Crippen LogP contribution is 2.11. The first-order valence-electron chi connectivity index (χ1n) is 7.51. The number of aromatic amines is 2. The normalized spacial score (nSPS) is 10.9. The molecule has 7 nitrogen and oxygen atoms in total. The summed E-state index contributed by atoms with van der Waals surface area (Å²) < 4.78 is 0. The minimum absolute atomic E-state index is 0.111. The largest absolute Gasteiger partial charge is 0.355 e. The fraction of sp³-hybridized carbons (Fsp3) is 0.250. The number of aromatic nitrogens is 4. The minimum atomic E-state index is -0.213. The van der Waals surface area contributed by atoms with Gasteiger partial charge in [-0.15, -0.1) is 0 Å². The van der Waals surface area contributed by atoms with Crippen molar-refractivity contribution in [2.24, 2.45) is 0 Å². The first kappa shape index (κ1) is 16.3. The molecule has 8 heteroatoms. The van der Waals surface area contributed by atoms with E-state index in [1.54, 1.807) is 6.92 Å². The first-order chi connectivity index (χ1) is 11.6. The molecule has 3 rings (SSSR count). The van der Waals surface area contributed by atoms with Crippen LogP contribution in [0.15, 0.2) is 40.3 Å². The molecule has 2 aromatic heterocycles. The molecule has 0 unspecified atom stereocenters. The molecule has 24 heavy (non-hydrogen) atoms. The molecule has 0 fully saturated rings. The molecule has 3 aromatic rings. The number of para-hydroxylation sites is 2. The van der Waals surface area contributed by atoms with Crippen molar-refractivity contribution in [2.45, 2.75) is 18.5 Å². The molecular formula is C16H17N5O2S. The lowest BCUT2D eigenvalue weighted by molar-refractivity contribution is -0.118. The molecule has 0 saturated heterocycles. The Morgan fingerprint density at radius 1 is 1.25 bits per heavy atom. The van der Waals surface area contributed by atoms with Crippen LogP contribution in [-0.4, -0.2) is 38.1 Å². The molecule has 0 bridgehead atoms. The number of carbonyl (C=O) groups is 1. The second kappa shape index (κ2) is 7.31. The molecule has 0 aliphatic rings. The van der Waals surface area contributed by atoms with Gasteiger partial charge in [0.15, 0.2) is 5.16 Å². The minimum Gasteiger partial charge on any atom is -0.355 e. The summed E-state index contributed by atoms with van der Waals surface area (Å²) >= 11 is 1.20. The molecule has 0 radical (unpaired) electrons. The Balaban J connectivity index is 1.46. The number of rotatable bonds is 6. The number of nitrogens with one attached hydrogen (secondary N) is 3. The van der Waals surface area contributed by atoms with Crippen LogP contribution in [0.2, 0.25) is 0 Å². The van der Waals surface area contributed by atoms with Crippen molar-refractivity contribution in [1.82, 2.24) is 25.3 Å². The van der Waals surface area contributed by atoms with Gasteiger partial charge in [0.05, 0.1) is 16.8 Å². The number of H-pyrrole nitrogens is 2. The van der Waals surface area contributed by atoms with Gasteiger partial charge in [-0.2, -0.15) is 0 Å². The quantitative estimate of drug-likeness (QED) is 0.464. The average molecular weight is 343 g/mol. The number of fused-ring (bicyclic) bond motifs is 1.